The number of rotatable bonds is 6. The largest absolute Gasteiger partial charge is 0.455 e. The third kappa shape index (κ3) is 4.26. The molecule has 0 aromatic carbocycles. The molecule has 0 bridgehead atoms. The van der Waals surface area contributed by atoms with Crippen LogP contribution in [-0.4, -0.2) is 23.0 Å². The van der Waals surface area contributed by atoms with E-state index in [9.17, 15) is 4.79 Å². The summed E-state index contributed by atoms with van der Waals surface area (Å²) in [5.74, 6) is 1.63. The number of primary amides is 1. The Hall–Kier alpha value is -2.08. The van der Waals surface area contributed by atoms with Crippen molar-refractivity contribution in [3.05, 3.63) is 40.7 Å². The third-order valence-electron chi connectivity index (χ3n) is 3.75. The first-order valence-electron chi connectivity index (χ1n) is 8.15. The second kappa shape index (κ2) is 6.81. The highest BCUT2D eigenvalue weighted by molar-refractivity contribution is 5.90. The van der Waals surface area contributed by atoms with Crippen molar-refractivity contribution >= 4 is 5.91 Å². The Balaban J connectivity index is 2.15. The van der Waals surface area contributed by atoms with Crippen LogP contribution in [0, 0.1) is 0 Å². The van der Waals surface area contributed by atoms with Crippen LogP contribution in [0.2, 0.25) is 0 Å². The molecule has 1 amide bonds. The van der Waals surface area contributed by atoms with Gasteiger partial charge in [0.05, 0.1) is 5.69 Å². The van der Waals surface area contributed by atoms with Crippen LogP contribution < -0.4 is 5.73 Å². The van der Waals surface area contributed by atoms with E-state index in [-0.39, 0.29) is 11.2 Å². The molecule has 2 aromatic rings. The number of amides is 1. The second-order valence-electron chi connectivity index (χ2n) is 7.63. The fourth-order valence-corrected chi connectivity index (χ4v) is 2.60. The van der Waals surface area contributed by atoms with E-state index in [0.29, 0.717) is 19.0 Å². The Kier molecular flexibility index (Phi) is 5.18. The average molecular weight is 333 g/mol. The summed E-state index contributed by atoms with van der Waals surface area (Å²) in [6, 6.07) is 3.72. The minimum Gasteiger partial charge on any atom is -0.455 e. The van der Waals surface area contributed by atoms with Gasteiger partial charge in [-0.2, -0.15) is 0 Å². The fraction of sp³-hybridized carbons (Fsp3) is 0.556. The van der Waals surface area contributed by atoms with E-state index >= 15 is 0 Å². The summed E-state index contributed by atoms with van der Waals surface area (Å²) in [7, 11) is 1.99. The second-order valence-corrected chi connectivity index (χ2v) is 7.63. The van der Waals surface area contributed by atoms with Gasteiger partial charge in [-0.05, 0) is 13.1 Å². The lowest BCUT2D eigenvalue weighted by Crippen LogP contribution is -2.20. The van der Waals surface area contributed by atoms with E-state index in [4.69, 9.17) is 14.7 Å². The molecule has 0 radical (unpaired) electrons. The smallest absolute Gasteiger partial charge is 0.284 e. The molecule has 0 saturated carbocycles. The van der Waals surface area contributed by atoms with Gasteiger partial charge in [0.2, 0.25) is 0 Å². The molecular weight excluding hydrogens is 306 g/mol. The average Bonchev–Trinajstić information content (AvgIpc) is 3.04. The highest BCUT2D eigenvalue weighted by Gasteiger charge is 2.26. The van der Waals surface area contributed by atoms with Crippen LogP contribution >= 0.6 is 0 Å². The number of nitrogens with zero attached hydrogens (tertiary/aromatic N) is 2. The molecule has 2 aromatic heterocycles. The molecule has 0 fully saturated rings. The van der Waals surface area contributed by atoms with Crippen molar-refractivity contribution in [2.45, 2.75) is 59.0 Å². The minimum absolute atomic E-state index is 0.201. The highest BCUT2D eigenvalue weighted by atomic mass is 16.5. The Morgan fingerprint density at radius 3 is 2.46 bits per heavy atom. The van der Waals surface area contributed by atoms with Gasteiger partial charge in [-0.1, -0.05) is 39.8 Å². The van der Waals surface area contributed by atoms with Crippen LogP contribution in [0.4, 0.5) is 0 Å². The Morgan fingerprint density at radius 2 is 1.96 bits per heavy atom. The number of hydrogen-bond donors (Lipinski definition) is 1. The molecule has 2 heterocycles. The molecule has 0 saturated heterocycles. The quantitative estimate of drug-likeness (QED) is 0.875. The molecule has 6 nitrogen and oxygen atoms in total. The van der Waals surface area contributed by atoms with E-state index in [1.54, 1.807) is 6.07 Å². The van der Waals surface area contributed by atoms with Crippen molar-refractivity contribution in [1.29, 1.82) is 0 Å². The van der Waals surface area contributed by atoms with E-state index < -0.39 is 5.91 Å². The molecule has 0 unspecified atom stereocenters. The maximum Gasteiger partial charge on any atom is 0.284 e. The zero-order chi connectivity index (χ0) is 18.1. The van der Waals surface area contributed by atoms with Gasteiger partial charge in [0.25, 0.3) is 5.91 Å². The molecule has 2 N–H and O–H groups in total. The number of hydrogen-bond acceptors (Lipinski definition) is 5. The molecule has 2 rings (SSSR count). The third-order valence-corrected chi connectivity index (χ3v) is 3.75. The van der Waals surface area contributed by atoms with Crippen molar-refractivity contribution in [2.24, 2.45) is 5.73 Å². The van der Waals surface area contributed by atoms with Crippen LogP contribution in [-0.2, 0) is 18.5 Å². The van der Waals surface area contributed by atoms with Crippen molar-refractivity contribution in [3.63, 3.8) is 0 Å². The molecule has 0 aliphatic carbocycles. The van der Waals surface area contributed by atoms with Gasteiger partial charge in [0.15, 0.2) is 5.76 Å². The van der Waals surface area contributed by atoms with Crippen LogP contribution in [0.1, 0.15) is 73.9 Å². The zero-order valence-electron chi connectivity index (χ0n) is 15.3. The fourth-order valence-electron chi connectivity index (χ4n) is 2.60. The molecule has 0 aliphatic rings. The molecule has 24 heavy (non-hydrogen) atoms. The van der Waals surface area contributed by atoms with Gasteiger partial charge in [-0.15, -0.1) is 0 Å². The van der Waals surface area contributed by atoms with Crippen molar-refractivity contribution in [3.8, 4) is 0 Å². The normalized spacial score (nSPS) is 12.3. The van der Waals surface area contributed by atoms with Gasteiger partial charge < -0.3 is 14.7 Å². The Bertz CT molecular complexity index is 707. The Morgan fingerprint density at radius 1 is 1.29 bits per heavy atom. The minimum atomic E-state index is -0.549. The predicted octanol–water partition coefficient (Wildman–Crippen LogP) is 3.42. The first-order chi connectivity index (χ1) is 11.1. The van der Waals surface area contributed by atoms with Crippen molar-refractivity contribution < 1.29 is 13.7 Å². The summed E-state index contributed by atoms with van der Waals surface area (Å²) in [5, 5.41) is 4.11. The highest BCUT2D eigenvalue weighted by Crippen LogP contribution is 2.30. The lowest BCUT2D eigenvalue weighted by molar-refractivity contribution is 0.0970. The topological polar surface area (TPSA) is 85.5 Å². The van der Waals surface area contributed by atoms with Crippen LogP contribution in [0.3, 0.4) is 0 Å². The first-order valence-corrected chi connectivity index (χ1v) is 8.15. The van der Waals surface area contributed by atoms with Gasteiger partial charge in [-0.25, -0.2) is 0 Å². The van der Waals surface area contributed by atoms with Crippen LogP contribution in [0.25, 0.3) is 0 Å². The van der Waals surface area contributed by atoms with Crippen LogP contribution in [0.15, 0.2) is 21.1 Å². The molecule has 0 aliphatic heterocycles. The summed E-state index contributed by atoms with van der Waals surface area (Å²) in [4.78, 5) is 13.5. The summed E-state index contributed by atoms with van der Waals surface area (Å²) in [6.07, 6.45) is 0. The monoisotopic (exact) mass is 333 g/mol. The summed E-state index contributed by atoms with van der Waals surface area (Å²) in [5.41, 5.74) is 7.00. The maximum atomic E-state index is 11.4. The summed E-state index contributed by atoms with van der Waals surface area (Å²) >= 11 is 0. The molecular formula is C18H27N3O3. The SMILES string of the molecule is CC(C)c1cc(CN(C)Cc2cc(C(N)=O)oc2C(C)(C)C)no1. The standard InChI is InChI=1S/C18H27N3O3/c1-11(2)14-8-13(20-24-14)10-21(6)9-12-7-15(17(19)22)23-16(12)18(3,4)5/h7-8,11H,9-10H2,1-6H3,(H2,19,22). The molecule has 0 spiro atoms. The van der Waals surface area contributed by atoms with Gasteiger partial charge >= 0.3 is 0 Å². The summed E-state index contributed by atoms with van der Waals surface area (Å²) in [6.45, 7) is 11.6. The zero-order valence-corrected chi connectivity index (χ0v) is 15.3. The molecule has 6 heteroatoms. The van der Waals surface area contributed by atoms with Crippen LogP contribution in [0.5, 0.6) is 0 Å². The molecule has 132 valence electrons. The lowest BCUT2D eigenvalue weighted by atomic mass is 9.90. The van der Waals surface area contributed by atoms with Gasteiger partial charge in [0, 0.05) is 36.1 Å². The lowest BCUT2D eigenvalue weighted by Gasteiger charge is -2.20. The maximum absolute atomic E-state index is 11.4. The van der Waals surface area contributed by atoms with Crippen molar-refractivity contribution in [2.75, 3.05) is 7.05 Å². The number of carbonyl (C=O) groups excluding carboxylic acids is 1. The Labute approximate surface area is 143 Å². The van der Waals surface area contributed by atoms with Gasteiger partial charge in [0.1, 0.15) is 11.5 Å². The van der Waals surface area contributed by atoms with E-state index in [2.05, 4.69) is 23.9 Å². The number of carbonyl (C=O) groups is 1. The number of furan rings is 1. The van der Waals surface area contributed by atoms with E-state index in [1.165, 1.54) is 0 Å². The van der Waals surface area contributed by atoms with Gasteiger partial charge in [-0.3, -0.25) is 9.69 Å². The summed E-state index contributed by atoms with van der Waals surface area (Å²) < 4.78 is 11.0. The predicted molar refractivity (Wildman–Crippen MR) is 91.7 cm³/mol. The number of aromatic nitrogens is 1. The molecule has 0 atom stereocenters. The van der Waals surface area contributed by atoms with Crippen molar-refractivity contribution in [1.82, 2.24) is 10.1 Å². The van der Waals surface area contributed by atoms with E-state index in [0.717, 1.165) is 22.8 Å². The first kappa shape index (κ1) is 18.3. The number of nitrogens with two attached hydrogens (primary N) is 1. The van der Waals surface area contributed by atoms with E-state index in [1.807, 2.05) is 33.9 Å².